The van der Waals surface area contributed by atoms with Crippen molar-refractivity contribution in [1.82, 2.24) is 24.8 Å². The molecule has 43 heavy (non-hydrogen) atoms. The van der Waals surface area contributed by atoms with Crippen molar-refractivity contribution in [2.24, 2.45) is 0 Å². The van der Waals surface area contributed by atoms with Crippen LogP contribution in [0, 0.1) is 10.9 Å². The van der Waals surface area contributed by atoms with Crippen molar-refractivity contribution in [1.29, 1.82) is 0 Å². The minimum absolute atomic E-state index is 0.0689. The number of hydrogen-bond acceptors (Lipinski definition) is 8. The van der Waals surface area contributed by atoms with Crippen LogP contribution in [0.25, 0.3) is 10.2 Å². The Morgan fingerprint density at radius 3 is 2.51 bits per heavy atom. The summed E-state index contributed by atoms with van der Waals surface area (Å²) in [6.07, 6.45) is 2.67. The van der Waals surface area contributed by atoms with E-state index < -0.39 is 6.04 Å². The third-order valence-corrected chi connectivity index (χ3v) is 8.23. The third-order valence-electron chi connectivity index (χ3n) is 7.03. The van der Waals surface area contributed by atoms with Gasteiger partial charge in [-0.2, -0.15) is 0 Å². The molecule has 0 bridgehead atoms. The quantitative estimate of drug-likeness (QED) is 0.140. The molecule has 2 aromatic heterocycles. The molecule has 5 aromatic rings. The second-order valence-corrected chi connectivity index (χ2v) is 12.1. The van der Waals surface area contributed by atoms with Gasteiger partial charge in [0.1, 0.15) is 36.4 Å². The number of benzene rings is 3. The first-order chi connectivity index (χ1) is 20.8. The van der Waals surface area contributed by atoms with Crippen molar-refractivity contribution in [2.45, 2.75) is 45.4 Å². The normalized spacial score (nSPS) is 12.6. The van der Waals surface area contributed by atoms with E-state index in [1.807, 2.05) is 68.4 Å². The maximum absolute atomic E-state index is 13.9. The standard InChI is InChI=1S/C31H32BN5O4S2/c1-20-3-5-22(6-4-20)15-21(2)37(32)30(39)28(16-23-7-9-25(10-8-23)40-14-13-38)36-18-24(34-35-36)19-41-26-11-12-27-29(17-26)43-31(42)33-27/h3-12,17-18,21,28,38H,13-16,19H2,1-2H3,(H,33,42)/t21-,28-/m0/s1. The summed E-state index contributed by atoms with van der Waals surface area (Å²) in [4.78, 5) is 18.3. The van der Waals surface area contributed by atoms with E-state index in [0.29, 0.717) is 34.0 Å². The van der Waals surface area contributed by atoms with Crippen LogP contribution >= 0.6 is 23.6 Å². The molecule has 3 aromatic carbocycles. The lowest BCUT2D eigenvalue weighted by Crippen LogP contribution is -2.43. The lowest BCUT2D eigenvalue weighted by molar-refractivity contribution is -0.131. The van der Waals surface area contributed by atoms with Crippen LogP contribution in [0.15, 0.2) is 72.9 Å². The zero-order valence-electron chi connectivity index (χ0n) is 24.0. The minimum atomic E-state index is -0.737. The Morgan fingerprint density at radius 2 is 1.77 bits per heavy atom. The summed E-state index contributed by atoms with van der Waals surface area (Å²) in [6.45, 7) is 4.28. The molecule has 0 unspecified atom stereocenters. The highest BCUT2D eigenvalue weighted by atomic mass is 32.1. The maximum atomic E-state index is 13.9. The molecule has 9 nitrogen and oxygen atoms in total. The molecule has 12 heteroatoms. The number of nitrogens with zero attached hydrogens (tertiary/aromatic N) is 4. The summed E-state index contributed by atoms with van der Waals surface area (Å²) in [6, 6.07) is 20.3. The highest BCUT2D eigenvalue weighted by molar-refractivity contribution is 7.73. The van der Waals surface area contributed by atoms with Crippen molar-refractivity contribution in [3.05, 3.63) is 99.3 Å². The SMILES string of the molecule is [B]N(C(=O)[C@H](Cc1ccc(OCCO)cc1)n1cc(COc2ccc3[nH]c(=S)sc3c2)nn1)[C@@H](C)Cc1ccc(C)cc1. The number of H-pyrrole nitrogens is 1. The van der Waals surface area contributed by atoms with Crippen molar-refractivity contribution >= 4 is 47.7 Å². The molecule has 0 aliphatic rings. The van der Waals surface area contributed by atoms with E-state index in [4.69, 9.17) is 34.8 Å². The molecule has 2 heterocycles. The predicted molar refractivity (Wildman–Crippen MR) is 170 cm³/mol. The Bertz CT molecular complexity index is 1720. The molecule has 0 aliphatic carbocycles. The largest absolute Gasteiger partial charge is 0.491 e. The average Bonchev–Trinajstić information content (AvgIpc) is 3.64. The highest BCUT2D eigenvalue weighted by Crippen LogP contribution is 2.25. The fourth-order valence-electron chi connectivity index (χ4n) is 4.66. The first-order valence-electron chi connectivity index (χ1n) is 13.9. The van der Waals surface area contributed by atoms with Crippen molar-refractivity contribution in [3.63, 3.8) is 0 Å². The van der Waals surface area contributed by atoms with Crippen LogP contribution in [0.1, 0.15) is 35.3 Å². The molecule has 1 amide bonds. The molecule has 0 spiro atoms. The highest BCUT2D eigenvalue weighted by Gasteiger charge is 2.28. The number of hydrogen-bond donors (Lipinski definition) is 2. The van der Waals surface area contributed by atoms with Crippen molar-refractivity contribution < 1.29 is 19.4 Å². The average molecular weight is 614 g/mol. The van der Waals surface area contributed by atoms with Gasteiger partial charge in [-0.1, -0.05) is 47.2 Å². The van der Waals surface area contributed by atoms with Crippen molar-refractivity contribution in [2.75, 3.05) is 13.2 Å². The van der Waals surface area contributed by atoms with Gasteiger partial charge in [0.15, 0.2) is 3.95 Å². The number of nitrogens with one attached hydrogen (secondary N) is 1. The van der Waals surface area contributed by atoms with Crippen LogP contribution in [0.3, 0.4) is 0 Å². The number of aromatic amines is 1. The predicted octanol–water partition coefficient (Wildman–Crippen LogP) is 5.14. The van der Waals surface area contributed by atoms with Gasteiger partial charge < -0.3 is 24.4 Å². The molecule has 5 rings (SSSR count). The molecule has 0 fully saturated rings. The van der Waals surface area contributed by atoms with Gasteiger partial charge in [-0.25, -0.2) is 4.68 Å². The zero-order valence-corrected chi connectivity index (χ0v) is 25.6. The minimum Gasteiger partial charge on any atom is -0.491 e. The van der Waals surface area contributed by atoms with Gasteiger partial charge in [0.25, 0.3) is 0 Å². The number of fused-ring (bicyclic) bond motifs is 1. The summed E-state index contributed by atoms with van der Waals surface area (Å²) in [5.74, 6) is 1.04. The van der Waals surface area contributed by atoms with E-state index in [9.17, 15) is 4.79 Å². The third kappa shape index (κ3) is 7.89. The van der Waals surface area contributed by atoms with Gasteiger partial charge in [-0.05, 0) is 73.9 Å². The van der Waals surface area contributed by atoms with Gasteiger partial charge >= 0.3 is 0 Å². The molecule has 2 N–H and O–H groups in total. The molecular weight excluding hydrogens is 581 g/mol. The lowest BCUT2D eigenvalue weighted by atomic mass is 9.99. The van der Waals surface area contributed by atoms with Crippen LogP contribution in [-0.4, -0.2) is 63.0 Å². The monoisotopic (exact) mass is 613 g/mol. The van der Waals surface area contributed by atoms with Gasteiger partial charge in [0.05, 0.1) is 23.0 Å². The molecule has 220 valence electrons. The zero-order chi connectivity index (χ0) is 30.3. The van der Waals surface area contributed by atoms with E-state index in [1.54, 1.807) is 10.9 Å². The van der Waals surface area contributed by atoms with E-state index in [-0.39, 0.29) is 31.8 Å². The Kier molecular flexibility index (Phi) is 9.91. The number of ether oxygens (including phenoxy) is 2. The topological polar surface area (TPSA) is 106 Å². The Hall–Kier alpha value is -4.00. The Labute approximate surface area is 260 Å². The fraction of sp³-hybridized carbons (Fsp3) is 0.290. The number of thiazole rings is 1. The fourth-order valence-corrected chi connectivity index (χ4v) is 5.80. The molecule has 2 radical (unpaired) electrons. The number of carbonyl (C=O) groups is 1. The summed E-state index contributed by atoms with van der Waals surface area (Å²) in [7, 11) is 6.44. The number of rotatable bonds is 13. The Morgan fingerprint density at radius 1 is 1.07 bits per heavy atom. The molecule has 2 atom stereocenters. The molecule has 0 saturated carbocycles. The summed E-state index contributed by atoms with van der Waals surface area (Å²) in [5.41, 5.74) is 4.70. The summed E-state index contributed by atoms with van der Waals surface area (Å²) in [5, 5.41) is 17.6. The van der Waals surface area contributed by atoms with Crippen molar-refractivity contribution in [3.8, 4) is 11.5 Å². The first-order valence-corrected chi connectivity index (χ1v) is 15.1. The number of aliphatic hydroxyl groups excluding tert-OH is 1. The number of aliphatic hydroxyl groups is 1. The lowest BCUT2D eigenvalue weighted by Gasteiger charge is -2.30. The van der Waals surface area contributed by atoms with E-state index in [0.717, 1.165) is 21.3 Å². The van der Waals surface area contributed by atoms with E-state index in [2.05, 4.69) is 27.4 Å². The van der Waals surface area contributed by atoms with Crippen LogP contribution in [0.5, 0.6) is 11.5 Å². The number of aromatic nitrogens is 4. The number of amides is 1. The van der Waals surface area contributed by atoms with E-state index in [1.165, 1.54) is 21.7 Å². The second-order valence-electron chi connectivity index (χ2n) is 10.4. The van der Waals surface area contributed by atoms with Gasteiger partial charge in [0, 0.05) is 12.5 Å². The van der Waals surface area contributed by atoms with Crippen LogP contribution in [0.2, 0.25) is 0 Å². The summed E-state index contributed by atoms with van der Waals surface area (Å²) < 4.78 is 14.7. The number of carbonyl (C=O) groups excluding carboxylic acids is 1. The first kappa shape index (κ1) is 30.5. The molecule has 0 saturated heterocycles. The van der Waals surface area contributed by atoms with Gasteiger partial charge in [0.2, 0.25) is 13.9 Å². The van der Waals surface area contributed by atoms with Crippen LogP contribution in [0.4, 0.5) is 0 Å². The van der Waals surface area contributed by atoms with E-state index >= 15 is 0 Å². The molecule has 0 aliphatic heterocycles. The van der Waals surface area contributed by atoms with Gasteiger partial charge in [-0.3, -0.25) is 4.79 Å². The second kappa shape index (κ2) is 14.0. The summed E-state index contributed by atoms with van der Waals surface area (Å²) >= 11 is 6.72. The van der Waals surface area contributed by atoms with Gasteiger partial charge in [-0.15, -0.1) is 16.4 Å². The maximum Gasteiger partial charge on any atom is 0.235 e. The smallest absolute Gasteiger partial charge is 0.235 e. The van der Waals surface area contributed by atoms with Crippen LogP contribution < -0.4 is 9.47 Å². The Balaban J connectivity index is 1.33. The van der Waals surface area contributed by atoms with Crippen LogP contribution in [-0.2, 0) is 24.2 Å². The number of aryl methyl sites for hydroxylation is 1. The molecular formula is C31H32BN5O4S2.